The van der Waals surface area contributed by atoms with Crippen molar-refractivity contribution in [3.8, 4) is 11.5 Å². The molecule has 0 unspecified atom stereocenters. The van der Waals surface area contributed by atoms with Crippen molar-refractivity contribution >= 4 is 52.1 Å². The number of halogens is 7. The fraction of sp³-hybridized carbons (Fsp3) is 0.286. The van der Waals surface area contributed by atoms with Crippen LogP contribution in [0.15, 0.2) is 52.1 Å². The highest BCUT2D eigenvalue weighted by Gasteiger charge is 2.37. The van der Waals surface area contributed by atoms with Crippen molar-refractivity contribution in [1.82, 2.24) is 0 Å². The first-order valence-corrected chi connectivity index (χ1v) is 10.7. The molecule has 2 rings (SSSR count). The Morgan fingerprint density at radius 1 is 1.03 bits per heavy atom. The van der Waals surface area contributed by atoms with Crippen LogP contribution in [0.2, 0.25) is 10.0 Å². The molecule has 0 aromatic heterocycles. The first-order valence-electron chi connectivity index (χ1n) is 9.24. The van der Waals surface area contributed by atoms with E-state index in [0.717, 1.165) is 5.56 Å². The number of ether oxygens (including phenoxy) is 2. The minimum absolute atomic E-state index is 0.0338. The van der Waals surface area contributed by atoms with E-state index in [0.29, 0.717) is 12.2 Å². The van der Waals surface area contributed by atoms with E-state index in [2.05, 4.69) is 9.99 Å². The van der Waals surface area contributed by atoms with Crippen LogP contribution in [0.5, 0.6) is 11.5 Å². The molecule has 174 valence electrons. The molecule has 0 amide bonds. The smallest absolute Gasteiger partial charge is 0.437 e. The summed E-state index contributed by atoms with van der Waals surface area (Å²) in [4.78, 5) is 4.58. The average Bonchev–Trinajstić information content (AvgIpc) is 2.70. The number of hydrogen-bond acceptors (Lipinski definition) is 4. The van der Waals surface area contributed by atoms with Crippen LogP contribution in [0.4, 0.5) is 13.2 Å². The highest BCUT2D eigenvalue weighted by molar-refractivity contribution is 6.55. The van der Waals surface area contributed by atoms with Gasteiger partial charge in [0, 0.05) is 24.1 Å². The molecule has 0 aliphatic rings. The second-order valence-corrected chi connectivity index (χ2v) is 7.99. The fourth-order valence-electron chi connectivity index (χ4n) is 2.46. The van der Waals surface area contributed by atoms with Gasteiger partial charge in [-0.25, -0.2) is 0 Å². The second-order valence-electron chi connectivity index (χ2n) is 6.17. The summed E-state index contributed by atoms with van der Waals surface area (Å²) >= 11 is 23.5. The van der Waals surface area contributed by atoms with Crippen molar-refractivity contribution in [3.05, 3.63) is 68.1 Å². The summed E-state index contributed by atoms with van der Waals surface area (Å²) in [6, 6.07) is 8.83. The predicted octanol–water partition coefficient (Wildman–Crippen LogP) is 7.62. The maximum atomic E-state index is 13.1. The molecule has 0 atom stereocenters. The zero-order valence-corrected chi connectivity index (χ0v) is 19.7. The molecule has 0 spiro atoms. The summed E-state index contributed by atoms with van der Waals surface area (Å²) < 4.78 is 50.6. The number of nitrogens with zero attached hydrogens (tertiary/aromatic N) is 1. The molecule has 2 aromatic carbocycles. The molecule has 0 N–H and O–H groups in total. The molecule has 0 saturated carbocycles. The lowest BCUT2D eigenvalue weighted by atomic mass is 10.1. The maximum absolute atomic E-state index is 13.1. The molecule has 0 fully saturated rings. The van der Waals surface area contributed by atoms with E-state index >= 15 is 0 Å². The van der Waals surface area contributed by atoms with Gasteiger partial charge in [-0.2, -0.15) is 13.2 Å². The monoisotopic (exact) mass is 529 g/mol. The zero-order chi connectivity index (χ0) is 23.7. The van der Waals surface area contributed by atoms with Crippen LogP contribution in [0.1, 0.15) is 18.1 Å². The summed E-state index contributed by atoms with van der Waals surface area (Å²) in [5.41, 5.74) is -0.432. The first-order chi connectivity index (χ1) is 15.1. The van der Waals surface area contributed by atoms with Gasteiger partial charge in [0.25, 0.3) is 0 Å². The molecule has 4 nitrogen and oxygen atoms in total. The minimum atomic E-state index is -4.63. The van der Waals surface area contributed by atoms with Crippen molar-refractivity contribution in [2.24, 2.45) is 5.16 Å². The number of hydrogen-bond donors (Lipinski definition) is 0. The van der Waals surface area contributed by atoms with E-state index in [9.17, 15) is 13.2 Å². The number of oxime groups is 1. The quantitative estimate of drug-likeness (QED) is 0.234. The normalized spacial score (nSPS) is 11.8. The standard InChI is InChI=1S/C21H18Cl4F3NO3/c1-2-32-29-20(21(26,27)28)14-5-3-13(4-6-14)7-9-31-19-16(22)11-15(12-17(19)23)30-10-8-18(24)25/h3-6,8,11-12H,2,7,9-10H2,1H3. The van der Waals surface area contributed by atoms with Gasteiger partial charge in [-0.05, 0) is 18.6 Å². The van der Waals surface area contributed by atoms with Crippen molar-refractivity contribution < 1.29 is 27.5 Å². The molecule has 0 aliphatic heterocycles. The third-order valence-corrected chi connectivity index (χ3v) is 4.75. The van der Waals surface area contributed by atoms with Crippen LogP contribution in [-0.2, 0) is 11.3 Å². The molecular weight excluding hydrogens is 513 g/mol. The Labute approximate surface area is 203 Å². The molecule has 0 saturated heterocycles. The molecule has 0 aliphatic carbocycles. The summed E-state index contributed by atoms with van der Waals surface area (Å²) in [6.07, 6.45) is -2.76. The van der Waals surface area contributed by atoms with Crippen molar-refractivity contribution in [3.63, 3.8) is 0 Å². The Kier molecular flexibility index (Phi) is 10.3. The van der Waals surface area contributed by atoms with Crippen molar-refractivity contribution in [1.29, 1.82) is 0 Å². The van der Waals surface area contributed by atoms with Crippen molar-refractivity contribution in [2.75, 3.05) is 19.8 Å². The maximum Gasteiger partial charge on any atom is 0.437 e. The Morgan fingerprint density at radius 3 is 2.19 bits per heavy atom. The van der Waals surface area contributed by atoms with Crippen molar-refractivity contribution in [2.45, 2.75) is 19.5 Å². The van der Waals surface area contributed by atoms with E-state index < -0.39 is 11.9 Å². The van der Waals surface area contributed by atoms with Gasteiger partial charge in [0.15, 0.2) is 11.5 Å². The topological polar surface area (TPSA) is 40.0 Å². The SMILES string of the molecule is CCON=C(c1ccc(CCOc2c(Cl)cc(OCC=C(Cl)Cl)cc2Cl)cc1)C(F)(F)F. The molecule has 32 heavy (non-hydrogen) atoms. The van der Waals surface area contributed by atoms with E-state index in [4.69, 9.17) is 55.9 Å². The lowest BCUT2D eigenvalue weighted by Crippen LogP contribution is -2.24. The minimum Gasteiger partial charge on any atom is -0.490 e. The molecule has 2 aromatic rings. The van der Waals surface area contributed by atoms with E-state index in [1.807, 2.05) is 0 Å². The zero-order valence-electron chi connectivity index (χ0n) is 16.7. The third kappa shape index (κ3) is 8.28. The summed E-state index contributed by atoms with van der Waals surface area (Å²) in [5, 5.41) is 3.66. The van der Waals surface area contributed by atoms with Crippen LogP contribution in [0, 0.1) is 0 Å². The number of benzene rings is 2. The number of alkyl halides is 3. The van der Waals surface area contributed by atoms with Gasteiger partial charge in [-0.3, -0.25) is 0 Å². The lowest BCUT2D eigenvalue weighted by molar-refractivity contribution is -0.0613. The highest BCUT2D eigenvalue weighted by atomic mass is 35.5. The Balaban J connectivity index is 1.99. The predicted molar refractivity (Wildman–Crippen MR) is 122 cm³/mol. The Hall–Kier alpha value is -1.80. The Morgan fingerprint density at radius 2 is 1.66 bits per heavy atom. The third-order valence-electron chi connectivity index (χ3n) is 3.88. The van der Waals surface area contributed by atoms with Gasteiger partial charge in [-0.1, -0.05) is 75.8 Å². The van der Waals surface area contributed by atoms with Gasteiger partial charge < -0.3 is 14.3 Å². The van der Waals surface area contributed by atoms with Crippen LogP contribution in [0.3, 0.4) is 0 Å². The summed E-state index contributed by atoms with van der Waals surface area (Å²) in [7, 11) is 0. The largest absolute Gasteiger partial charge is 0.490 e. The Bertz CT molecular complexity index is 937. The van der Waals surface area contributed by atoms with Gasteiger partial charge in [0.1, 0.15) is 23.5 Å². The number of rotatable bonds is 10. The summed E-state index contributed by atoms with van der Waals surface area (Å²) in [5.74, 6) is 0.675. The van der Waals surface area contributed by atoms with E-state index in [-0.39, 0.29) is 45.7 Å². The second kappa shape index (κ2) is 12.4. The average molecular weight is 531 g/mol. The van der Waals surface area contributed by atoms with Crippen LogP contribution in [-0.4, -0.2) is 31.7 Å². The molecular formula is C21H18Cl4F3NO3. The van der Waals surface area contributed by atoms with Gasteiger partial charge in [-0.15, -0.1) is 0 Å². The van der Waals surface area contributed by atoms with E-state index in [1.54, 1.807) is 19.1 Å². The fourth-order valence-corrected chi connectivity index (χ4v) is 3.16. The molecule has 11 heteroatoms. The van der Waals surface area contributed by atoms with Crippen LogP contribution >= 0.6 is 46.4 Å². The summed E-state index contributed by atoms with van der Waals surface area (Å²) in [6.45, 7) is 1.92. The van der Waals surface area contributed by atoms with Crippen LogP contribution in [0.25, 0.3) is 0 Å². The van der Waals surface area contributed by atoms with Gasteiger partial charge in [0.05, 0.1) is 16.7 Å². The molecule has 0 bridgehead atoms. The highest BCUT2D eigenvalue weighted by Crippen LogP contribution is 2.37. The molecule has 0 radical (unpaired) electrons. The molecule has 0 heterocycles. The van der Waals surface area contributed by atoms with E-state index in [1.165, 1.54) is 30.3 Å². The first kappa shape index (κ1) is 26.5. The van der Waals surface area contributed by atoms with Gasteiger partial charge >= 0.3 is 6.18 Å². The van der Waals surface area contributed by atoms with Gasteiger partial charge in [0.2, 0.25) is 0 Å². The van der Waals surface area contributed by atoms with Crippen LogP contribution < -0.4 is 9.47 Å². The lowest BCUT2D eigenvalue weighted by Gasteiger charge is -2.13.